The van der Waals surface area contributed by atoms with Crippen molar-refractivity contribution in [3.05, 3.63) is 39.9 Å². The van der Waals surface area contributed by atoms with E-state index in [1.165, 1.54) is 19.2 Å². The summed E-state index contributed by atoms with van der Waals surface area (Å²) in [5.41, 5.74) is -0.370. The average Bonchev–Trinajstić information content (AvgIpc) is 2.39. The Balaban J connectivity index is 3.11. The summed E-state index contributed by atoms with van der Waals surface area (Å²) < 4.78 is 10.1. The molecule has 0 aromatic heterocycles. The monoisotopic (exact) mass is 267 g/mol. The number of nitrogens with zero attached hydrogens (tertiary/aromatic N) is 1. The molecule has 0 saturated carbocycles. The van der Waals surface area contributed by atoms with Crippen LogP contribution in [0.2, 0.25) is 0 Å². The van der Waals surface area contributed by atoms with Crippen LogP contribution < -0.4 is 0 Å². The summed E-state index contributed by atoms with van der Waals surface area (Å²) in [5.74, 6) is -0.411. The van der Waals surface area contributed by atoms with Crippen molar-refractivity contribution in [3.63, 3.8) is 0 Å². The Bertz CT molecular complexity index is 457. The standard InChI is InChI=1S/C13H17NO5/c1-4-19-12(15)13(2,9-18-3)10-5-7-11(8-6-10)14(16)17/h5-8H,4,9H2,1-3H3. The molecule has 1 atom stereocenters. The number of methoxy groups -OCH3 is 1. The molecule has 1 unspecified atom stereocenters. The van der Waals surface area contributed by atoms with Crippen LogP contribution in [0.3, 0.4) is 0 Å². The Labute approximate surface area is 111 Å². The molecule has 0 aliphatic rings. The molecule has 0 aliphatic heterocycles. The number of rotatable bonds is 6. The Kier molecular flexibility index (Phi) is 5.00. The smallest absolute Gasteiger partial charge is 0.318 e. The molecule has 6 nitrogen and oxygen atoms in total. The van der Waals surface area contributed by atoms with Gasteiger partial charge in [-0.1, -0.05) is 12.1 Å². The van der Waals surface area contributed by atoms with Crippen molar-refractivity contribution < 1.29 is 19.2 Å². The third-order valence-corrected chi connectivity index (χ3v) is 2.87. The highest BCUT2D eigenvalue weighted by molar-refractivity contribution is 5.83. The van der Waals surface area contributed by atoms with E-state index < -0.39 is 16.3 Å². The molecule has 0 amide bonds. The first-order chi connectivity index (χ1) is 8.95. The Morgan fingerprint density at radius 2 is 1.95 bits per heavy atom. The van der Waals surface area contributed by atoms with E-state index in [0.717, 1.165) is 0 Å². The molecule has 104 valence electrons. The molecule has 19 heavy (non-hydrogen) atoms. The van der Waals surface area contributed by atoms with Crippen LogP contribution in [0.25, 0.3) is 0 Å². The van der Waals surface area contributed by atoms with E-state index in [4.69, 9.17) is 9.47 Å². The molecule has 0 N–H and O–H groups in total. The number of ether oxygens (including phenoxy) is 2. The zero-order valence-corrected chi connectivity index (χ0v) is 11.2. The van der Waals surface area contributed by atoms with Crippen molar-refractivity contribution in [1.82, 2.24) is 0 Å². The molecule has 0 fully saturated rings. The fourth-order valence-corrected chi connectivity index (χ4v) is 1.79. The third-order valence-electron chi connectivity index (χ3n) is 2.87. The van der Waals surface area contributed by atoms with Crippen LogP contribution in [-0.2, 0) is 19.7 Å². The number of carbonyl (C=O) groups is 1. The Morgan fingerprint density at radius 3 is 2.37 bits per heavy atom. The Hall–Kier alpha value is -1.95. The van der Waals surface area contributed by atoms with Gasteiger partial charge in [-0.25, -0.2) is 0 Å². The number of nitro groups is 1. The van der Waals surface area contributed by atoms with Crippen molar-refractivity contribution in [3.8, 4) is 0 Å². The van der Waals surface area contributed by atoms with Gasteiger partial charge in [-0.15, -0.1) is 0 Å². The van der Waals surface area contributed by atoms with E-state index in [1.54, 1.807) is 26.0 Å². The molecular weight excluding hydrogens is 250 g/mol. The van der Waals surface area contributed by atoms with Crippen molar-refractivity contribution in [2.75, 3.05) is 20.3 Å². The van der Waals surface area contributed by atoms with Gasteiger partial charge in [0, 0.05) is 19.2 Å². The lowest BCUT2D eigenvalue weighted by Gasteiger charge is -2.26. The maximum Gasteiger partial charge on any atom is 0.318 e. The molecule has 0 radical (unpaired) electrons. The van der Waals surface area contributed by atoms with Gasteiger partial charge in [-0.2, -0.15) is 0 Å². The van der Waals surface area contributed by atoms with E-state index in [-0.39, 0.29) is 18.9 Å². The van der Waals surface area contributed by atoms with E-state index in [0.29, 0.717) is 5.56 Å². The predicted octanol–water partition coefficient (Wildman–Crippen LogP) is 2.06. The van der Waals surface area contributed by atoms with Crippen LogP contribution in [-0.4, -0.2) is 31.2 Å². The van der Waals surface area contributed by atoms with Gasteiger partial charge in [-0.05, 0) is 19.4 Å². The van der Waals surface area contributed by atoms with E-state index in [1.807, 2.05) is 0 Å². The lowest BCUT2D eigenvalue weighted by atomic mass is 9.83. The molecule has 0 heterocycles. The van der Waals surface area contributed by atoms with E-state index >= 15 is 0 Å². The van der Waals surface area contributed by atoms with Crippen LogP contribution in [0.15, 0.2) is 24.3 Å². The van der Waals surface area contributed by atoms with Gasteiger partial charge in [-0.3, -0.25) is 14.9 Å². The number of hydrogen-bond donors (Lipinski definition) is 0. The van der Waals surface area contributed by atoms with Gasteiger partial charge < -0.3 is 9.47 Å². The maximum atomic E-state index is 12.0. The van der Waals surface area contributed by atoms with Crippen LogP contribution in [0.5, 0.6) is 0 Å². The first-order valence-electron chi connectivity index (χ1n) is 5.86. The zero-order valence-electron chi connectivity index (χ0n) is 11.2. The summed E-state index contributed by atoms with van der Waals surface area (Å²) in [6.07, 6.45) is 0. The molecule has 0 saturated heterocycles. The number of nitro benzene ring substituents is 1. The summed E-state index contributed by atoms with van der Waals surface area (Å²) >= 11 is 0. The fourth-order valence-electron chi connectivity index (χ4n) is 1.79. The second kappa shape index (κ2) is 6.29. The number of carbonyl (C=O) groups excluding carboxylic acids is 1. The second-order valence-corrected chi connectivity index (χ2v) is 4.29. The minimum Gasteiger partial charge on any atom is -0.465 e. The summed E-state index contributed by atoms with van der Waals surface area (Å²) in [5, 5.41) is 10.6. The SMILES string of the molecule is CCOC(=O)C(C)(COC)c1ccc([N+](=O)[O-])cc1. The maximum absolute atomic E-state index is 12.0. The van der Waals surface area contributed by atoms with Crippen LogP contribution in [0.1, 0.15) is 19.4 Å². The zero-order chi connectivity index (χ0) is 14.5. The van der Waals surface area contributed by atoms with Crippen molar-refractivity contribution in [2.24, 2.45) is 0 Å². The van der Waals surface area contributed by atoms with E-state index in [2.05, 4.69) is 0 Å². The number of esters is 1. The number of hydrogen-bond acceptors (Lipinski definition) is 5. The lowest BCUT2D eigenvalue weighted by Crippen LogP contribution is -2.38. The van der Waals surface area contributed by atoms with Crippen molar-refractivity contribution >= 4 is 11.7 Å². The summed E-state index contributed by atoms with van der Waals surface area (Å²) in [6, 6.07) is 5.83. The van der Waals surface area contributed by atoms with Gasteiger partial charge in [0.05, 0.1) is 18.1 Å². The van der Waals surface area contributed by atoms with Gasteiger partial charge in [0.15, 0.2) is 0 Å². The van der Waals surface area contributed by atoms with Gasteiger partial charge >= 0.3 is 5.97 Å². The van der Waals surface area contributed by atoms with Crippen molar-refractivity contribution in [1.29, 1.82) is 0 Å². The normalized spacial score (nSPS) is 13.6. The van der Waals surface area contributed by atoms with Gasteiger partial charge in [0.1, 0.15) is 5.41 Å². The van der Waals surface area contributed by atoms with Gasteiger partial charge in [0.25, 0.3) is 5.69 Å². The summed E-state index contributed by atoms with van der Waals surface area (Å²) in [6.45, 7) is 3.82. The molecule has 0 aliphatic carbocycles. The fraction of sp³-hybridized carbons (Fsp3) is 0.462. The minimum atomic E-state index is -0.972. The molecular formula is C13H17NO5. The van der Waals surface area contributed by atoms with Crippen molar-refractivity contribution in [2.45, 2.75) is 19.3 Å². The second-order valence-electron chi connectivity index (χ2n) is 4.29. The highest BCUT2D eigenvalue weighted by Crippen LogP contribution is 2.27. The molecule has 1 aromatic rings. The predicted molar refractivity (Wildman–Crippen MR) is 69.0 cm³/mol. The molecule has 6 heteroatoms. The third kappa shape index (κ3) is 3.29. The topological polar surface area (TPSA) is 78.7 Å². The number of benzene rings is 1. The summed E-state index contributed by atoms with van der Waals surface area (Å²) in [7, 11) is 1.49. The largest absolute Gasteiger partial charge is 0.465 e. The lowest BCUT2D eigenvalue weighted by molar-refractivity contribution is -0.384. The van der Waals surface area contributed by atoms with E-state index in [9.17, 15) is 14.9 Å². The van der Waals surface area contributed by atoms with Crippen LogP contribution in [0, 0.1) is 10.1 Å². The quantitative estimate of drug-likeness (QED) is 0.448. The average molecular weight is 267 g/mol. The summed E-state index contributed by atoms with van der Waals surface area (Å²) in [4.78, 5) is 22.2. The highest BCUT2D eigenvalue weighted by Gasteiger charge is 2.37. The molecule has 1 aromatic carbocycles. The van der Waals surface area contributed by atoms with Crippen LogP contribution >= 0.6 is 0 Å². The minimum absolute atomic E-state index is 0.0209. The molecule has 0 bridgehead atoms. The molecule has 1 rings (SSSR count). The Morgan fingerprint density at radius 1 is 1.37 bits per heavy atom. The van der Waals surface area contributed by atoms with Gasteiger partial charge in [0.2, 0.25) is 0 Å². The first-order valence-corrected chi connectivity index (χ1v) is 5.86. The number of non-ortho nitro benzene ring substituents is 1. The highest BCUT2D eigenvalue weighted by atomic mass is 16.6. The first kappa shape index (κ1) is 15.1. The van der Waals surface area contributed by atoms with Crippen LogP contribution in [0.4, 0.5) is 5.69 Å². The molecule has 0 spiro atoms.